The van der Waals surface area contributed by atoms with Crippen molar-refractivity contribution in [1.29, 1.82) is 0 Å². The lowest BCUT2D eigenvalue weighted by Crippen LogP contribution is -2.12. The second-order valence-electron chi connectivity index (χ2n) is 4.65. The maximum absolute atomic E-state index is 11.3. The average molecular weight is 312 g/mol. The van der Waals surface area contributed by atoms with Crippen LogP contribution in [0.25, 0.3) is 12.2 Å². The Morgan fingerprint density at radius 3 is 2.09 bits per heavy atom. The van der Waals surface area contributed by atoms with E-state index in [0.29, 0.717) is 12.3 Å². The van der Waals surface area contributed by atoms with E-state index in [-0.39, 0.29) is 5.69 Å². The van der Waals surface area contributed by atoms with Crippen LogP contribution in [0.15, 0.2) is 48.5 Å². The molecule has 118 valence electrons. The smallest absolute Gasteiger partial charge is 0.411 e. The number of carbonyl (C=O) groups is 1. The molecule has 0 saturated heterocycles. The first-order chi connectivity index (χ1) is 11.1. The lowest BCUT2D eigenvalue weighted by molar-refractivity contribution is -0.384. The number of nitro benzene ring substituents is 1. The number of anilines is 1. The van der Waals surface area contributed by atoms with E-state index in [1.54, 1.807) is 31.2 Å². The Balaban J connectivity index is 1.99. The van der Waals surface area contributed by atoms with E-state index in [9.17, 15) is 14.9 Å². The van der Waals surface area contributed by atoms with E-state index in [4.69, 9.17) is 4.74 Å². The lowest BCUT2D eigenvalue weighted by Gasteiger charge is -2.05. The molecule has 0 spiro atoms. The first-order valence-electron chi connectivity index (χ1n) is 7.05. The number of nitro groups is 1. The minimum atomic E-state index is -0.485. The minimum absolute atomic E-state index is 0.0662. The summed E-state index contributed by atoms with van der Waals surface area (Å²) in [4.78, 5) is 21.5. The normalized spacial score (nSPS) is 10.5. The average Bonchev–Trinajstić information content (AvgIpc) is 2.55. The Morgan fingerprint density at radius 2 is 1.61 bits per heavy atom. The molecule has 0 fully saturated rings. The fraction of sp³-hybridized carbons (Fsp3) is 0.118. The number of rotatable bonds is 5. The van der Waals surface area contributed by atoms with Crippen LogP contribution < -0.4 is 5.32 Å². The molecule has 0 bridgehead atoms. The van der Waals surface area contributed by atoms with Crippen LogP contribution >= 0.6 is 0 Å². The highest BCUT2D eigenvalue weighted by atomic mass is 16.6. The van der Waals surface area contributed by atoms with Crippen molar-refractivity contribution in [1.82, 2.24) is 0 Å². The molecule has 0 aromatic heterocycles. The summed E-state index contributed by atoms with van der Waals surface area (Å²) in [6.07, 6.45) is 3.26. The summed E-state index contributed by atoms with van der Waals surface area (Å²) in [6, 6.07) is 13.5. The number of benzene rings is 2. The van der Waals surface area contributed by atoms with Crippen LogP contribution in [-0.4, -0.2) is 17.6 Å². The Labute approximate surface area is 133 Å². The highest BCUT2D eigenvalue weighted by molar-refractivity contribution is 5.84. The van der Waals surface area contributed by atoms with Crippen molar-refractivity contribution >= 4 is 29.6 Å². The largest absolute Gasteiger partial charge is 0.450 e. The van der Waals surface area contributed by atoms with E-state index in [1.165, 1.54) is 12.1 Å². The number of hydrogen-bond donors (Lipinski definition) is 1. The van der Waals surface area contributed by atoms with Gasteiger partial charge in [-0.15, -0.1) is 0 Å². The maximum Gasteiger partial charge on any atom is 0.411 e. The van der Waals surface area contributed by atoms with Gasteiger partial charge in [-0.2, -0.15) is 0 Å². The van der Waals surface area contributed by atoms with Gasteiger partial charge >= 0.3 is 6.09 Å². The van der Waals surface area contributed by atoms with Crippen LogP contribution in [0.5, 0.6) is 0 Å². The molecular formula is C17H16N2O4. The summed E-state index contributed by atoms with van der Waals surface area (Å²) in [7, 11) is 0. The molecule has 0 heterocycles. The highest BCUT2D eigenvalue weighted by Gasteiger charge is 2.02. The molecule has 0 saturated carbocycles. The van der Waals surface area contributed by atoms with Crippen molar-refractivity contribution < 1.29 is 14.5 Å². The van der Waals surface area contributed by atoms with Gasteiger partial charge in [0.25, 0.3) is 5.69 Å². The molecule has 2 aromatic rings. The van der Waals surface area contributed by atoms with Gasteiger partial charge in [-0.1, -0.05) is 24.3 Å². The van der Waals surface area contributed by atoms with Crippen molar-refractivity contribution in [2.45, 2.75) is 6.92 Å². The quantitative estimate of drug-likeness (QED) is 0.506. The molecule has 0 aliphatic heterocycles. The number of nitrogens with one attached hydrogen (secondary N) is 1. The van der Waals surface area contributed by atoms with Crippen LogP contribution in [0.2, 0.25) is 0 Å². The molecule has 0 unspecified atom stereocenters. The molecule has 2 aromatic carbocycles. The van der Waals surface area contributed by atoms with Gasteiger partial charge in [-0.3, -0.25) is 15.4 Å². The molecule has 1 amide bonds. The van der Waals surface area contributed by atoms with Gasteiger partial charge in [-0.25, -0.2) is 4.79 Å². The summed E-state index contributed by atoms with van der Waals surface area (Å²) in [5.74, 6) is 0. The zero-order chi connectivity index (χ0) is 16.7. The molecule has 0 radical (unpaired) electrons. The van der Waals surface area contributed by atoms with Gasteiger partial charge in [0.15, 0.2) is 0 Å². The molecule has 0 aliphatic rings. The first kappa shape index (κ1) is 16.2. The molecule has 1 N–H and O–H groups in total. The number of amides is 1. The summed E-state index contributed by atoms with van der Waals surface area (Å²) in [6.45, 7) is 2.06. The summed E-state index contributed by atoms with van der Waals surface area (Å²) in [5.41, 5.74) is 2.52. The van der Waals surface area contributed by atoms with Crippen molar-refractivity contribution in [3.63, 3.8) is 0 Å². The van der Waals surface area contributed by atoms with Gasteiger partial charge in [-0.05, 0) is 42.3 Å². The predicted molar refractivity (Wildman–Crippen MR) is 89.1 cm³/mol. The number of carbonyl (C=O) groups excluding carboxylic acids is 1. The first-order valence-corrected chi connectivity index (χ1v) is 7.05. The maximum atomic E-state index is 11.3. The highest BCUT2D eigenvalue weighted by Crippen LogP contribution is 2.15. The van der Waals surface area contributed by atoms with Crippen molar-refractivity contribution in [2.75, 3.05) is 11.9 Å². The minimum Gasteiger partial charge on any atom is -0.450 e. The number of hydrogen-bond acceptors (Lipinski definition) is 4. The van der Waals surface area contributed by atoms with Gasteiger partial charge in [0.05, 0.1) is 11.5 Å². The van der Waals surface area contributed by atoms with Crippen molar-refractivity contribution in [3.05, 3.63) is 69.8 Å². The molecule has 6 heteroatoms. The Bertz CT molecular complexity index is 706. The fourth-order valence-corrected chi connectivity index (χ4v) is 1.86. The molecule has 2 rings (SSSR count). The SMILES string of the molecule is CCOC(=O)Nc1ccc(/C=C/c2ccc([N+](=O)[O-])cc2)cc1. The van der Waals surface area contributed by atoms with Crippen molar-refractivity contribution in [2.24, 2.45) is 0 Å². The molecule has 23 heavy (non-hydrogen) atoms. The Hall–Kier alpha value is -3.15. The number of ether oxygens (including phenoxy) is 1. The van der Waals surface area contributed by atoms with E-state index in [0.717, 1.165) is 11.1 Å². The zero-order valence-corrected chi connectivity index (χ0v) is 12.6. The van der Waals surface area contributed by atoms with Crippen molar-refractivity contribution in [3.8, 4) is 0 Å². The zero-order valence-electron chi connectivity index (χ0n) is 12.6. The van der Waals surface area contributed by atoms with Gasteiger partial charge in [0, 0.05) is 17.8 Å². The van der Waals surface area contributed by atoms with E-state index >= 15 is 0 Å². The predicted octanol–water partition coefficient (Wildman–Crippen LogP) is 4.33. The number of nitrogens with zero attached hydrogens (tertiary/aromatic N) is 1. The molecular weight excluding hydrogens is 296 g/mol. The third-order valence-corrected chi connectivity index (χ3v) is 3.00. The summed E-state index contributed by atoms with van der Waals surface area (Å²) >= 11 is 0. The van der Waals surface area contributed by atoms with E-state index in [2.05, 4.69) is 5.32 Å². The standard InChI is InChI=1S/C17H16N2O4/c1-2-23-17(20)18-15-9-5-13(6-10-15)3-4-14-7-11-16(12-8-14)19(21)22/h3-12H,2H2,1H3,(H,18,20)/b4-3+. The second-order valence-corrected chi connectivity index (χ2v) is 4.65. The van der Waals surface area contributed by atoms with E-state index in [1.807, 2.05) is 24.3 Å². The van der Waals surface area contributed by atoms with Crippen LogP contribution in [0.4, 0.5) is 16.2 Å². The van der Waals surface area contributed by atoms with E-state index < -0.39 is 11.0 Å². The fourth-order valence-electron chi connectivity index (χ4n) is 1.86. The summed E-state index contributed by atoms with van der Waals surface area (Å²) < 4.78 is 4.80. The Morgan fingerprint density at radius 1 is 1.09 bits per heavy atom. The molecule has 6 nitrogen and oxygen atoms in total. The van der Waals surface area contributed by atoms with Gasteiger partial charge < -0.3 is 4.74 Å². The lowest BCUT2D eigenvalue weighted by atomic mass is 10.1. The van der Waals surface area contributed by atoms with Crippen LogP contribution in [0.1, 0.15) is 18.1 Å². The summed E-state index contributed by atoms with van der Waals surface area (Å²) in [5, 5.41) is 13.2. The van der Waals surface area contributed by atoms with Gasteiger partial charge in [0.1, 0.15) is 0 Å². The third kappa shape index (κ3) is 4.96. The van der Waals surface area contributed by atoms with Gasteiger partial charge in [0.2, 0.25) is 0 Å². The topological polar surface area (TPSA) is 81.5 Å². The monoisotopic (exact) mass is 312 g/mol. The second kappa shape index (κ2) is 7.74. The Kier molecular flexibility index (Phi) is 5.46. The van der Waals surface area contributed by atoms with Crippen LogP contribution in [0.3, 0.4) is 0 Å². The third-order valence-electron chi connectivity index (χ3n) is 3.00. The number of non-ortho nitro benzene ring substituents is 1. The molecule has 0 atom stereocenters. The van der Waals surface area contributed by atoms with Crippen LogP contribution in [-0.2, 0) is 4.74 Å². The van der Waals surface area contributed by atoms with Crippen LogP contribution in [0, 0.1) is 10.1 Å². The molecule has 0 aliphatic carbocycles.